The Labute approximate surface area is 115 Å². The number of ketones is 1. The fourth-order valence-corrected chi connectivity index (χ4v) is 2.80. The molecule has 0 bridgehead atoms. The smallest absolute Gasteiger partial charge is 0.140 e. The summed E-state index contributed by atoms with van der Waals surface area (Å²) in [6.07, 6.45) is 5.01. The topological polar surface area (TPSA) is 17.1 Å². The molecule has 2 rings (SSSR count). The Morgan fingerprint density at radius 3 is 2.33 bits per heavy atom. The Balaban J connectivity index is 1.91. The molecule has 0 unspecified atom stereocenters. The molecular formula is C16H21ClO. The number of halogens is 1. The van der Waals surface area contributed by atoms with Gasteiger partial charge in [0.05, 0.1) is 0 Å². The van der Waals surface area contributed by atoms with Crippen molar-refractivity contribution in [3.8, 4) is 0 Å². The highest BCUT2D eigenvalue weighted by molar-refractivity contribution is 6.30. The Hall–Kier alpha value is -0.820. The third kappa shape index (κ3) is 3.58. The van der Waals surface area contributed by atoms with E-state index in [4.69, 9.17) is 11.6 Å². The van der Waals surface area contributed by atoms with Gasteiger partial charge in [0.15, 0.2) is 0 Å². The molecule has 1 aliphatic carbocycles. The zero-order chi connectivity index (χ0) is 13.2. The Morgan fingerprint density at radius 2 is 1.78 bits per heavy atom. The molecule has 0 aromatic heterocycles. The molecule has 1 nitrogen and oxygen atoms in total. The zero-order valence-electron chi connectivity index (χ0n) is 11.2. The quantitative estimate of drug-likeness (QED) is 0.775. The SMILES string of the molecule is CC1(C)CCC(C(=O)Cc2ccc(Cl)cc2)CC1. The van der Waals surface area contributed by atoms with Gasteiger partial charge in [0.25, 0.3) is 0 Å². The average molecular weight is 265 g/mol. The van der Waals surface area contributed by atoms with Gasteiger partial charge in [0.1, 0.15) is 5.78 Å². The molecule has 0 heterocycles. The van der Waals surface area contributed by atoms with Crippen LogP contribution in [0.25, 0.3) is 0 Å². The summed E-state index contributed by atoms with van der Waals surface area (Å²) >= 11 is 5.84. The van der Waals surface area contributed by atoms with E-state index in [1.54, 1.807) is 0 Å². The van der Waals surface area contributed by atoms with E-state index in [9.17, 15) is 4.79 Å². The van der Waals surface area contributed by atoms with Gasteiger partial charge in [-0.15, -0.1) is 0 Å². The van der Waals surface area contributed by atoms with Crippen LogP contribution in [-0.2, 0) is 11.2 Å². The van der Waals surface area contributed by atoms with Gasteiger partial charge in [-0.3, -0.25) is 4.79 Å². The van der Waals surface area contributed by atoms with E-state index in [2.05, 4.69) is 13.8 Å². The van der Waals surface area contributed by atoms with Crippen molar-refractivity contribution in [3.63, 3.8) is 0 Å². The van der Waals surface area contributed by atoms with Crippen molar-refractivity contribution in [2.45, 2.75) is 46.0 Å². The van der Waals surface area contributed by atoms with E-state index in [-0.39, 0.29) is 5.92 Å². The Kier molecular flexibility index (Phi) is 4.11. The lowest BCUT2D eigenvalue weighted by Crippen LogP contribution is -2.27. The fourth-order valence-electron chi connectivity index (χ4n) is 2.67. The normalized spacial score (nSPS) is 19.7. The van der Waals surface area contributed by atoms with Crippen molar-refractivity contribution in [1.29, 1.82) is 0 Å². The highest BCUT2D eigenvalue weighted by Crippen LogP contribution is 2.38. The number of Topliss-reactive ketones (excluding diaryl/α,β-unsaturated/α-hetero) is 1. The molecule has 0 atom stereocenters. The monoisotopic (exact) mass is 264 g/mol. The summed E-state index contributed by atoms with van der Waals surface area (Å²) in [5.74, 6) is 0.668. The van der Waals surface area contributed by atoms with Crippen molar-refractivity contribution < 1.29 is 4.79 Å². The first-order chi connectivity index (χ1) is 8.46. The Morgan fingerprint density at radius 1 is 1.22 bits per heavy atom. The largest absolute Gasteiger partial charge is 0.299 e. The number of carbonyl (C=O) groups excluding carboxylic acids is 1. The molecule has 98 valence electrons. The minimum absolute atomic E-state index is 0.272. The van der Waals surface area contributed by atoms with Gasteiger partial charge in [0, 0.05) is 17.4 Å². The second kappa shape index (κ2) is 5.44. The van der Waals surface area contributed by atoms with Crippen LogP contribution in [0.5, 0.6) is 0 Å². The summed E-state index contributed by atoms with van der Waals surface area (Å²) < 4.78 is 0. The molecule has 1 aliphatic rings. The number of benzene rings is 1. The van der Waals surface area contributed by atoms with Crippen LogP contribution in [0.1, 0.15) is 45.1 Å². The van der Waals surface area contributed by atoms with E-state index in [1.807, 2.05) is 24.3 Å². The van der Waals surface area contributed by atoms with E-state index in [0.29, 0.717) is 17.6 Å². The van der Waals surface area contributed by atoms with Crippen LogP contribution >= 0.6 is 11.6 Å². The first-order valence-electron chi connectivity index (χ1n) is 6.73. The lowest BCUT2D eigenvalue weighted by Gasteiger charge is -2.33. The zero-order valence-corrected chi connectivity index (χ0v) is 12.0. The second-order valence-electron chi connectivity index (χ2n) is 6.21. The predicted molar refractivity (Wildman–Crippen MR) is 75.9 cm³/mol. The van der Waals surface area contributed by atoms with Crippen molar-refractivity contribution in [2.24, 2.45) is 11.3 Å². The number of hydrogen-bond acceptors (Lipinski definition) is 1. The van der Waals surface area contributed by atoms with Gasteiger partial charge in [-0.25, -0.2) is 0 Å². The Bertz CT molecular complexity index is 409. The maximum absolute atomic E-state index is 12.2. The van der Waals surface area contributed by atoms with Crippen LogP contribution in [0.2, 0.25) is 5.02 Å². The summed E-state index contributed by atoms with van der Waals surface area (Å²) in [5, 5.41) is 0.727. The summed E-state index contributed by atoms with van der Waals surface area (Å²) in [5.41, 5.74) is 1.51. The molecule has 1 aromatic rings. The summed E-state index contributed by atoms with van der Waals surface area (Å²) in [6.45, 7) is 4.60. The van der Waals surface area contributed by atoms with Gasteiger partial charge in [-0.05, 0) is 48.8 Å². The van der Waals surface area contributed by atoms with Gasteiger partial charge in [-0.2, -0.15) is 0 Å². The average Bonchev–Trinajstić information content (AvgIpc) is 2.32. The standard InChI is InChI=1S/C16H21ClO/c1-16(2)9-7-13(8-10-16)15(18)11-12-3-5-14(17)6-4-12/h3-6,13H,7-11H2,1-2H3. The fraction of sp³-hybridized carbons (Fsp3) is 0.562. The van der Waals surface area contributed by atoms with Gasteiger partial charge in [-0.1, -0.05) is 37.6 Å². The molecule has 0 radical (unpaired) electrons. The lowest BCUT2D eigenvalue weighted by atomic mass is 9.71. The third-order valence-corrected chi connectivity index (χ3v) is 4.34. The molecule has 0 amide bonds. The van der Waals surface area contributed by atoms with E-state index >= 15 is 0 Å². The summed E-state index contributed by atoms with van der Waals surface area (Å²) in [4.78, 5) is 12.2. The molecule has 0 spiro atoms. The van der Waals surface area contributed by atoms with Crippen LogP contribution in [0.3, 0.4) is 0 Å². The molecular weight excluding hydrogens is 244 g/mol. The maximum atomic E-state index is 12.2. The second-order valence-corrected chi connectivity index (χ2v) is 6.64. The van der Waals surface area contributed by atoms with Crippen LogP contribution < -0.4 is 0 Å². The van der Waals surface area contributed by atoms with E-state index in [0.717, 1.165) is 23.4 Å². The van der Waals surface area contributed by atoms with Crippen LogP contribution in [0.15, 0.2) is 24.3 Å². The first kappa shape index (κ1) is 13.6. The van der Waals surface area contributed by atoms with Gasteiger partial charge >= 0.3 is 0 Å². The molecule has 0 aliphatic heterocycles. The van der Waals surface area contributed by atoms with Crippen LogP contribution in [0.4, 0.5) is 0 Å². The van der Waals surface area contributed by atoms with Crippen molar-refractivity contribution in [1.82, 2.24) is 0 Å². The molecule has 0 N–H and O–H groups in total. The lowest BCUT2D eigenvalue weighted by molar-refractivity contribution is -0.123. The van der Waals surface area contributed by atoms with Crippen LogP contribution in [-0.4, -0.2) is 5.78 Å². The number of carbonyl (C=O) groups is 1. The highest BCUT2D eigenvalue weighted by atomic mass is 35.5. The van der Waals surface area contributed by atoms with E-state index < -0.39 is 0 Å². The minimum Gasteiger partial charge on any atom is -0.299 e. The van der Waals surface area contributed by atoms with Crippen molar-refractivity contribution in [2.75, 3.05) is 0 Å². The summed E-state index contributed by atoms with van der Waals surface area (Å²) in [6, 6.07) is 7.61. The molecule has 1 saturated carbocycles. The van der Waals surface area contributed by atoms with Crippen molar-refractivity contribution >= 4 is 17.4 Å². The molecule has 2 heteroatoms. The van der Waals surface area contributed by atoms with Crippen molar-refractivity contribution in [3.05, 3.63) is 34.9 Å². The maximum Gasteiger partial charge on any atom is 0.140 e. The third-order valence-electron chi connectivity index (χ3n) is 4.09. The number of rotatable bonds is 3. The van der Waals surface area contributed by atoms with Crippen LogP contribution in [0, 0.1) is 11.3 Å². The van der Waals surface area contributed by atoms with Gasteiger partial charge in [0.2, 0.25) is 0 Å². The molecule has 1 fully saturated rings. The summed E-state index contributed by atoms with van der Waals surface area (Å²) in [7, 11) is 0. The molecule has 1 aromatic carbocycles. The predicted octanol–water partition coefficient (Wildman–Crippen LogP) is 4.67. The molecule has 18 heavy (non-hydrogen) atoms. The van der Waals surface area contributed by atoms with E-state index in [1.165, 1.54) is 12.8 Å². The first-order valence-corrected chi connectivity index (χ1v) is 7.11. The minimum atomic E-state index is 0.272. The number of hydrogen-bond donors (Lipinski definition) is 0. The highest BCUT2D eigenvalue weighted by Gasteiger charge is 2.30. The molecule has 0 saturated heterocycles. The van der Waals surface area contributed by atoms with Gasteiger partial charge < -0.3 is 0 Å².